The summed E-state index contributed by atoms with van der Waals surface area (Å²) < 4.78 is 0. The average Bonchev–Trinajstić information content (AvgIpc) is 2.53. The van der Waals surface area contributed by atoms with E-state index in [1.54, 1.807) is 4.90 Å². The van der Waals surface area contributed by atoms with Crippen LogP contribution in [-0.2, 0) is 4.79 Å². The first-order valence-electron chi connectivity index (χ1n) is 6.78. The Labute approximate surface area is 119 Å². The Morgan fingerprint density at radius 2 is 1.90 bits per heavy atom. The van der Waals surface area contributed by atoms with Crippen LogP contribution in [0.5, 0.6) is 0 Å². The van der Waals surface area contributed by atoms with Gasteiger partial charge in [0, 0.05) is 32.2 Å². The minimum Gasteiger partial charge on any atom is -0.387 e. The Kier molecular flexibility index (Phi) is 4.72. The van der Waals surface area contributed by atoms with Gasteiger partial charge in [-0.15, -0.1) is 0 Å². The van der Waals surface area contributed by atoms with E-state index in [1.807, 2.05) is 24.3 Å². The standard InChI is InChI=1S/C15H19N3O2/c1-12(14-4-2-13(10-16)3-5-14)17-6-8-18(9-7-17)15(20)11-19/h2-5,12,19H,6-9,11H2,1H3. The van der Waals surface area contributed by atoms with Crippen molar-refractivity contribution >= 4 is 5.91 Å². The summed E-state index contributed by atoms with van der Waals surface area (Å²) >= 11 is 0. The monoisotopic (exact) mass is 273 g/mol. The highest BCUT2D eigenvalue weighted by Crippen LogP contribution is 2.21. The van der Waals surface area contributed by atoms with Gasteiger partial charge < -0.3 is 10.0 Å². The number of amides is 1. The molecule has 1 aliphatic rings. The van der Waals surface area contributed by atoms with E-state index in [4.69, 9.17) is 10.4 Å². The van der Waals surface area contributed by atoms with Gasteiger partial charge in [0.05, 0.1) is 11.6 Å². The Morgan fingerprint density at radius 3 is 2.40 bits per heavy atom. The predicted octanol–water partition coefficient (Wildman–Crippen LogP) is 0.756. The summed E-state index contributed by atoms with van der Waals surface area (Å²) in [6, 6.07) is 10.00. The molecule has 1 saturated heterocycles. The smallest absolute Gasteiger partial charge is 0.248 e. The van der Waals surface area contributed by atoms with Crippen LogP contribution in [0.2, 0.25) is 0 Å². The molecular weight excluding hydrogens is 254 g/mol. The maximum Gasteiger partial charge on any atom is 0.248 e. The van der Waals surface area contributed by atoms with Crippen molar-refractivity contribution in [2.24, 2.45) is 0 Å². The SMILES string of the molecule is CC(c1ccc(C#N)cc1)N1CCN(C(=O)CO)CC1. The maximum atomic E-state index is 11.4. The second-order valence-electron chi connectivity index (χ2n) is 4.98. The van der Waals surface area contributed by atoms with Crippen molar-refractivity contribution in [2.75, 3.05) is 32.8 Å². The number of aliphatic hydroxyl groups is 1. The minimum atomic E-state index is -0.412. The first kappa shape index (κ1) is 14.5. The molecule has 0 spiro atoms. The van der Waals surface area contributed by atoms with Crippen molar-refractivity contribution in [3.8, 4) is 6.07 Å². The number of hydrogen-bond acceptors (Lipinski definition) is 4. The summed E-state index contributed by atoms with van der Waals surface area (Å²) in [6.07, 6.45) is 0. The van der Waals surface area contributed by atoms with Crippen molar-refractivity contribution in [3.63, 3.8) is 0 Å². The Balaban J connectivity index is 1.95. The van der Waals surface area contributed by atoms with E-state index in [2.05, 4.69) is 17.9 Å². The zero-order valence-corrected chi connectivity index (χ0v) is 11.6. The molecule has 5 nitrogen and oxygen atoms in total. The highest BCUT2D eigenvalue weighted by Gasteiger charge is 2.24. The first-order chi connectivity index (χ1) is 9.65. The molecule has 20 heavy (non-hydrogen) atoms. The summed E-state index contributed by atoms with van der Waals surface area (Å²) in [5.74, 6) is -0.198. The van der Waals surface area contributed by atoms with Gasteiger partial charge in [0.25, 0.3) is 0 Å². The molecule has 1 fully saturated rings. The van der Waals surface area contributed by atoms with Crippen LogP contribution in [0.4, 0.5) is 0 Å². The number of carbonyl (C=O) groups excluding carboxylic acids is 1. The van der Waals surface area contributed by atoms with Crippen LogP contribution in [0.25, 0.3) is 0 Å². The summed E-state index contributed by atoms with van der Waals surface area (Å²) in [6.45, 7) is 4.62. The second-order valence-corrected chi connectivity index (χ2v) is 4.98. The van der Waals surface area contributed by atoms with Crippen LogP contribution in [0.3, 0.4) is 0 Å². The molecule has 1 unspecified atom stereocenters. The number of carbonyl (C=O) groups is 1. The summed E-state index contributed by atoms with van der Waals surface area (Å²) in [5.41, 5.74) is 1.84. The van der Waals surface area contributed by atoms with E-state index in [9.17, 15) is 4.79 Å². The Hall–Kier alpha value is -1.90. The molecule has 0 bridgehead atoms. The quantitative estimate of drug-likeness (QED) is 0.882. The largest absolute Gasteiger partial charge is 0.387 e. The fourth-order valence-electron chi connectivity index (χ4n) is 2.51. The number of hydrogen-bond donors (Lipinski definition) is 1. The fourth-order valence-corrected chi connectivity index (χ4v) is 2.51. The predicted molar refractivity (Wildman–Crippen MR) is 74.8 cm³/mol. The molecule has 0 aromatic heterocycles. The normalized spacial score (nSPS) is 17.6. The van der Waals surface area contributed by atoms with Crippen molar-refractivity contribution in [3.05, 3.63) is 35.4 Å². The molecule has 1 atom stereocenters. The van der Waals surface area contributed by atoms with E-state index in [0.29, 0.717) is 18.7 Å². The van der Waals surface area contributed by atoms with Crippen molar-refractivity contribution in [1.29, 1.82) is 5.26 Å². The number of benzene rings is 1. The molecule has 1 aromatic rings. The molecule has 0 aliphatic carbocycles. The Morgan fingerprint density at radius 1 is 1.30 bits per heavy atom. The molecule has 1 aliphatic heterocycles. The fraction of sp³-hybridized carbons (Fsp3) is 0.467. The lowest BCUT2D eigenvalue weighted by Crippen LogP contribution is -2.50. The third-order valence-corrected chi connectivity index (χ3v) is 3.87. The van der Waals surface area contributed by atoms with Crippen LogP contribution >= 0.6 is 0 Å². The number of nitriles is 1. The second kappa shape index (κ2) is 6.51. The number of aliphatic hydroxyl groups excluding tert-OH is 1. The van der Waals surface area contributed by atoms with E-state index in [-0.39, 0.29) is 11.9 Å². The highest BCUT2D eigenvalue weighted by atomic mass is 16.3. The lowest BCUT2D eigenvalue weighted by atomic mass is 10.0. The van der Waals surface area contributed by atoms with Crippen LogP contribution in [0.1, 0.15) is 24.1 Å². The number of piperazine rings is 1. The maximum absolute atomic E-state index is 11.4. The van der Waals surface area contributed by atoms with Crippen LogP contribution in [0.15, 0.2) is 24.3 Å². The van der Waals surface area contributed by atoms with Gasteiger partial charge in [-0.05, 0) is 24.6 Å². The van der Waals surface area contributed by atoms with E-state index in [1.165, 1.54) is 5.56 Å². The molecule has 0 radical (unpaired) electrons. The molecular formula is C15H19N3O2. The molecule has 106 valence electrons. The number of nitrogens with zero attached hydrogens (tertiary/aromatic N) is 3. The molecule has 1 amide bonds. The van der Waals surface area contributed by atoms with E-state index in [0.717, 1.165) is 13.1 Å². The van der Waals surface area contributed by atoms with Crippen LogP contribution < -0.4 is 0 Å². The van der Waals surface area contributed by atoms with Gasteiger partial charge in [0.15, 0.2) is 0 Å². The third-order valence-electron chi connectivity index (χ3n) is 3.87. The Bertz CT molecular complexity index is 499. The highest BCUT2D eigenvalue weighted by molar-refractivity contribution is 5.77. The van der Waals surface area contributed by atoms with Gasteiger partial charge in [-0.25, -0.2) is 0 Å². The van der Waals surface area contributed by atoms with E-state index >= 15 is 0 Å². The lowest BCUT2D eigenvalue weighted by molar-refractivity contribution is -0.136. The van der Waals surface area contributed by atoms with Gasteiger partial charge in [0.2, 0.25) is 5.91 Å². The van der Waals surface area contributed by atoms with Crippen molar-refractivity contribution in [1.82, 2.24) is 9.80 Å². The first-order valence-corrected chi connectivity index (χ1v) is 6.78. The summed E-state index contributed by atoms with van der Waals surface area (Å²) in [4.78, 5) is 15.4. The zero-order valence-electron chi connectivity index (χ0n) is 11.6. The van der Waals surface area contributed by atoms with Gasteiger partial charge in [-0.1, -0.05) is 12.1 Å². The summed E-state index contributed by atoms with van der Waals surface area (Å²) in [5, 5.41) is 17.7. The molecule has 0 saturated carbocycles. The van der Waals surface area contributed by atoms with Gasteiger partial charge in [-0.2, -0.15) is 5.26 Å². The number of rotatable bonds is 3. The van der Waals surface area contributed by atoms with E-state index < -0.39 is 6.61 Å². The molecule has 1 N–H and O–H groups in total. The molecule has 1 aromatic carbocycles. The van der Waals surface area contributed by atoms with Crippen molar-refractivity contribution < 1.29 is 9.90 Å². The van der Waals surface area contributed by atoms with Crippen LogP contribution in [-0.4, -0.2) is 53.6 Å². The molecule has 2 rings (SSSR count). The van der Waals surface area contributed by atoms with Gasteiger partial charge in [-0.3, -0.25) is 9.69 Å². The van der Waals surface area contributed by atoms with Gasteiger partial charge >= 0.3 is 0 Å². The third kappa shape index (κ3) is 3.16. The van der Waals surface area contributed by atoms with Crippen LogP contribution in [0, 0.1) is 11.3 Å². The molecule has 5 heteroatoms. The average molecular weight is 273 g/mol. The minimum absolute atomic E-state index is 0.198. The van der Waals surface area contributed by atoms with Gasteiger partial charge in [0.1, 0.15) is 6.61 Å². The van der Waals surface area contributed by atoms with Crippen molar-refractivity contribution in [2.45, 2.75) is 13.0 Å². The zero-order chi connectivity index (χ0) is 14.5. The molecule has 1 heterocycles. The topological polar surface area (TPSA) is 67.6 Å². The summed E-state index contributed by atoms with van der Waals surface area (Å²) in [7, 11) is 0. The lowest BCUT2D eigenvalue weighted by Gasteiger charge is -2.38.